The number of rotatable bonds is 10. The molecule has 0 radical (unpaired) electrons. The zero-order valence-electron chi connectivity index (χ0n) is 14.0. The van der Waals surface area contributed by atoms with Crippen LogP contribution in [0.1, 0.15) is 45.1 Å². The Balaban J connectivity index is 2.64. The molecule has 124 valence electrons. The Hall–Kier alpha value is -1.00. The summed E-state index contributed by atoms with van der Waals surface area (Å²) in [5.74, 6) is 1.55. The highest BCUT2D eigenvalue weighted by Crippen LogP contribution is 2.34. The minimum Gasteiger partial charge on any atom is -0.496 e. The van der Waals surface area contributed by atoms with E-state index in [0.29, 0.717) is 0 Å². The first kappa shape index (κ1) is 19.0. The van der Waals surface area contributed by atoms with Crippen LogP contribution in [0.2, 0.25) is 0 Å². The summed E-state index contributed by atoms with van der Waals surface area (Å²) in [5.41, 5.74) is 0.926. The molecule has 0 spiro atoms. The molecule has 0 aliphatic heterocycles. The van der Waals surface area contributed by atoms with E-state index in [4.69, 9.17) is 14.2 Å². The summed E-state index contributed by atoms with van der Waals surface area (Å²) < 4.78 is 17.6. The molecule has 0 saturated carbocycles. The lowest BCUT2D eigenvalue weighted by Crippen LogP contribution is -2.05. The molecule has 0 fully saturated rings. The van der Waals surface area contributed by atoms with E-state index in [1.807, 2.05) is 31.2 Å². The molecule has 3 nitrogen and oxygen atoms in total. The Morgan fingerprint density at radius 2 is 1.73 bits per heavy atom. The Labute approximate surface area is 142 Å². The summed E-state index contributed by atoms with van der Waals surface area (Å²) in [6.45, 7) is 5.07. The van der Waals surface area contributed by atoms with Gasteiger partial charge in [-0.15, -0.1) is 0 Å². The average Bonchev–Trinajstić information content (AvgIpc) is 2.52. The number of hydrogen-bond acceptors (Lipinski definition) is 3. The molecule has 0 saturated heterocycles. The molecule has 0 heterocycles. The lowest BCUT2D eigenvalue weighted by molar-refractivity contribution is 0.0944. The quantitative estimate of drug-likeness (QED) is 0.511. The maximum Gasteiger partial charge on any atom is 0.130 e. The molecule has 1 unspecified atom stereocenters. The molecule has 0 N–H and O–H groups in total. The fourth-order valence-corrected chi connectivity index (χ4v) is 2.57. The minimum atomic E-state index is 0.0692. The van der Waals surface area contributed by atoms with E-state index >= 15 is 0 Å². The lowest BCUT2D eigenvalue weighted by atomic mass is 10.1. The van der Waals surface area contributed by atoms with E-state index in [2.05, 4.69) is 22.9 Å². The van der Waals surface area contributed by atoms with Gasteiger partial charge in [0, 0.05) is 11.1 Å². The number of hydrogen-bond donors (Lipinski definition) is 0. The minimum absolute atomic E-state index is 0.0692. The Kier molecular flexibility index (Phi) is 9.25. The van der Waals surface area contributed by atoms with Gasteiger partial charge in [-0.2, -0.15) is 0 Å². The largest absolute Gasteiger partial charge is 0.496 e. The molecular formula is C18H27BrO3. The predicted octanol–water partition coefficient (Wildman–Crippen LogP) is 5.46. The number of halogens is 1. The maximum atomic E-state index is 5.80. The fourth-order valence-electron chi connectivity index (χ4n) is 2.16. The molecule has 0 aliphatic rings. The average molecular weight is 371 g/mol. The van der Waals surface area contributed by atoms with E-state index in [1.54, 1.807) is 14.2 Å². The van der Waals surface area contributed by atoms with Crippen LogP contribution in [0.5, 0.6) is 11.5 Å². The second-order valence-electron chi connectivity index (χ2n) is 5.22. The first-order valence-corrected chi connectivity index (χ1v) is 8.63. The van der Waals surface area contributed by atoms with E-state index < -0.39 is 0 Å². The second kappa shape index (κ2) is 10.7. The summed E-state index contributed by atoms with van der Waals surface area (Å²) >= 11 is 3.45. The van der Waals surface area contributed by atoms with E-state index in [9.17, 15) is 0 Å². The van der Waals surface area contributed by atoms with Gasteiger partial charge in [-0.3, -0.25) is 0 Å². The highest BCUT2D eigenvalue weighted by molar-refractivity contribution is 9.10. The van der Waals surface area contributed by atoms with Crippen LogP contribution in [0.3, 0.4) is 0 Å². The van der Waals surface area contributed by atoms with Crippen molar-refractivity contribution in [3.63, 3.8) is 0 Å². The monoisotopic (exact) mass is 370 g/mol. The zero-order chi connectivity index (χ0) is 16.4. The summed E-state index contributed by atoms with van der Waals surface area (Å²) in [4.78, 5) is 0. The van der Waals surface area contributed by atoms with E-state index in [1.165, 1.54) is 19.3 Å². The molecular weight excluding hydrogens is 344 g/mol. The van der Waals surface area contributed by atoms with E-state index in [0.717, 1.165) is 34.6 Å². The third-order valence-electron chi connectivity index (χ3n) is 3.42. The van der Waals surface area contributed by atoms with Crippen LogP contribution in [-0.2, 0) is 4.74 Å². The van der Waals surface area contributed by atoms with Crippen LogP contribution in [0, 0.1) is 0 Å². The fraction of sp³-hybridized carbons (Fsp3) is 0.556. The second-order valence-corrected chi connectivity index (χ2v) is 6.14. The molecule has 22 heavy (non-hydrogen) atoms. The van der Waals surface area contributed by atoms with Crippen LogP contribution < -0.4 is 9.47 Å². The van der Waals surface area contributed by atoms with E-state index in [-0.39, 0.29) is 6.10 Å². The van der Waals surface area contributed by atoms with Crippen molar-refractivity contribution in [1.29, 1.82) is 0 Å². The third-order valence-corrected chi connectivity index (χ3v) is 3.88. The highest BCUT2D eigenvalue weighted by Gasteiger charge is 2.09. The first-order valence-electron chi connectivity index (χ1n) is 7.83. The summed E-state index contributed by atoms with van der Waals surface area (Å²) in [5, 5.41) is 0. The number of methoxy groups -OCH3 is 2. The first-order chi connectivity index (χ1) is 10.6. The molecule has 0 aromatic heterocycles. The molecule has 4 heteroatoms. The lowest BCUT2D eigenvalue weighted by Gasteiger charge is -2.12. The molecule has 1 aromatic rings. The summed E-state index contributed by atoms with van der Waals surface area (Å²) in [6.07, 6.45) is 8.99. The van der Waals surface area contributed by atoms with Crippen molar-refractivity contribution in [3.05, 3.63) is 28.2 Å². The summed E-state index contributed by atoms with van der Waals surface area (Å²) in [6, 6.07) is 3.86. The van der Waals surface area contributed by atoms with Gasteiger partial charge in [0.1, 0.15) is 11.5 Å². The van der Waals surface area contributed by atoms with Crippen molar-refractivity contribution in [2.24, 2.45) is 0 Å². The van der Waals surface area contributed by atoms with Crippen molar-refractivity contribution in [2.75, 3.05) is 20.8 Å². The van der Waals surface area contributed by atoms with Crippen LogP contribution >= 0.6 is 15.9 Å². The number of benzene rings is 1. The van der Waals surface area contributed by atoms with Gasteiger partial charge < -0.3 is 14.2 Å². The van der Waals surface area contributed by atoms with Crippen molar-refractivity contribution in [2.45, 2.75) is 45.6 Å². The van der Waals surface area contributed by atoms with Crippen molar-refractivity contribution >= 4 is 22.0 Å². The van der Waals surface area contributed by atoms with Gasteiger partial charge in [-0.05, 0) is 31.6 Å². The normalized spacial score (nSPS) is 12.6. The molecule has 0 bridgehead atoms. The van der Waals surface area contributed by atoms with Gasteiger partial charge in [-0.1, -0.05) is 48.2 Å². The standard InChI is InChI=1S/C18H27BrO3/c1-5-6-7-8-11-22-14(2)9-10-16-17(20-3)12-15(19)13-18(16)21-4/h9-10,12-14H,5-8,11H2,1-4H3/b10-9+. The third kappa shape index (κ3) is 6.41. The van der Waals surface area contributed by atoms with Gasteiger partial charge in [0.05, 0.1) is 25.9 Å². The molecule has 1 rings (SSSR count). The zero-order valence-corrected chi connectivity index (χ0v) is 15.6. The smallest absolute Gasteiger partial charge is 0.130 e. The van der Waals surface area contributed by atoms with Crippen LogP contribution in [-0.4, -0.2) is 26.9 Å². The molecule has 0 amide bonds. The van der Waals surface area contributed by atoms with Gasteiger partial charge in [0.2, 0.25) is 0 Å². The van der Waals surface area contributed by atoms with Gasteiger partial charge >= 0.3 is 0 Å². The Bertz CT molecular complexity index is 446. The van der Waals surface area contributed by atoms with Crippen molar-refractivity contribution < 1.29 is 14.2 Å². The molecule has 0 aliphatic carbocycles. The van der Waals surface area contributed by atoms with Crippen molar-refractivity contribution in [1.82, 2.24) is 0 Å². The Morgan fingerprint density at radius 3 is 2.27 bits per heavy atom. The summed E-state index contributed by atoms with van der Waals surface area (Å²) in [7, 11) is 3.32. The van der Waals surface area contributed by atoms with Crippen LogP contribution in [0.4, 0.5) is 0 Å². The maximum absolute atomic E-state index is 5.80. The topological polar surface area (TPSA) is 27.7 Å². The molecule has 1 atom stereocenters. The van der Waals surface area contributed by atoms with Crippen LogP contribution in [0.25, 0.3) is 6.08 Å². The number of ether oxygens (including phenoxy) is 3. The van der Waals surface area contributed by atoms with Crippen molar-refractivity contribution in [3.8, 4) is 11.5 Å². The van der Waals surface area contributed by atoms with Gasteiger partial charge in [-0.25, -0.2) is 0 Å². The molecule has 1 aromatic carbocycles. The highest BCUT2D eigenvalue weighted by atomic mass is 79.9. The van der Waals surface area contributed by atoms with Gasteiger partial charge in [0.15, 0.2) is 0 Å². The van der Waals surface area contributed by atoms with Gasteiger partial charge in [0.25, 0.3) is 0 Å². The predicted molar refractivity (Wildman–Crippen MR) is 95.8 cm³/mol. The number of unbranched alkanes of at least 4 members (excludes halogenated alkanes) is 3. The Morgan fingerprint density at radius 1 is 1.09 bits per heavy atom. The van der Waals surface area contributed by atoms with Crippen LogP contribution in [0.15, 0.2) is 22.7 Å². The SMILES string of the molecule is CCCCCCOC(C)/C=C/c1c(OC)cc(Br)cc1OC.